The summed E-state index contributed by atoms with van der Waals surface area (Å²) >= 11 is 0. The van der Waals surface area contributed by atoms with Gasteiger partial charge in [-0.25, -0.2) is 0 Å². The quantitative estimate of drug-likeness (QED) is 0.159. The van der Waals surface area contributed by atoms with Crippen molar-refractivity contribution in [2.45, 2.75) is 77.3 Å². The molecule has 3 aromatic rings. The van der Waals surface area contributed by atoms with Crippen molar-refractivity contribution in [3.05, 3.63) is 76.0 Å². The number of fused-ring (bicyclic) bond motifs is 1. The summed E-state index contributed by atoms with van der Waals surface area (Å²) in [6, 6.07) is 7.81. The Morgan fingerprint density at radius 2 is 1.53 bits per heavy atom. The Balaban J connectivity index is 0.00000500. The summed E-state index contributed by atoms with van der Waals surface area (Å²) in [5, 5.41) is 4.48. The summed E-state index contributed by atoms with van der Waals surface area (Å²) in [6.07, 6.45) is -1.93. The van der Waals surface area contributed by atoms with Gasteiger partial charge in [-0.05, 0) is 104 Å². The lowest BCUT2D eigenvalue weighted by atomic mass is 9.81. The molecule has 2 aromatic carbocycles. The number of nitrogens with zero attached hydrogens (tertiary/aromatic N) is 4. The van der Waals surface area contributed by atoms with E-state index in [4.69, 9.17) is 4.74 Å². The molecule has 13 heteroatoms. The molecule has 47 heavy (non-hydrogen) atoms. The van der Waals surface area contributed by atoms with Gasteiger partial charge in [0.05, 0.1) is 24.2 Å². The smallest absolute Gasteiger partial charge is 0.416 e. The van der Waals surface area contributed by atoms with E-state index in [0.29, 0.717) is 11.7 Å². The Morgan fingerprint density at radius 1 is 0.915 bits per heavy atom. The van der Waals surface area contributed by atoms with E-state index in [9.17, 15) is 31.1 Å². The molecule has 1 fully saturated rings. The number of halogens is 7. The summed E-state index contributed by atoms with van der Waals surface area (Å²) in [7, 11) is 3.13. The van der Waals surface area contributed by atoms with Crippen LogP contribution < -0.4 is 9.80 Å². The van der Waals surface area contributed by atoms with Gasteiger partial charge in [0.2, 0.25) is 0 Å². The first-order valence-corrected chi connectivity index (χ1v) is 15.8. The molecule has 0 unspecified atom stereocenters. The fraction of sp³-hybridized carbons (Fsp3) is 0.529. The number of anilines is 2. The molecule has 1 saturated carbocycles. The topological polar surface area (TPSA) is 50.6 Å². The van der Waals surface area contributed by atoms with Crippen LogP contribution in [-0.2, 0) is 54.9 Å². The third-order valence-corrected chi connectivity index (χ3v) is 9.28. The largest absolute Gasteiger partial charge is 0.469 e. The zero-order valence-corrected chi connectivity index (χ0v) is 27.6. The predicted octanol–water partition coefficient (Wildman–Crippen LogP) is 8.38. The van der Waals surface area contributed by atoms with E-state index in [1.807, 2.05) is 0 Å². The Bertz CT molecular complexity index is 1500. The molecular weight excluding hydrogens is 646 g/mol. The molecule has 258 valence electrons. The molecule has 1 aromatic heterocycles. The van der Waals surface area contributed by atoms with E-state index in [1.165, 1.54) is 18.2 Å². The summed E-state index contributed by atoms with van der Waals surface area (Å²) in [5.41, 5.74) is 1.66. The number of aromatic nitrogens is 2. The number of benzene rings is 2. The number of alkyl halides is 6. The Kier molecular flexibility index (Phi) is 11.5. The van der Waals surface area contributed by atoms with Crippen molar-refractivity contribution in [3.63, 3.8) is 0 Å². The van der Waals surface area contributed by atoms with Crippen LogP contribution in [0.25, 0.3) is 0 Å². The van der Waals surface area contributed by atoms with E-state index >= 15 is 0 Å². The van der Waals surface area contributed by atoms with Crippen LogP contribution in [0.4, 0.5) is 37.8 Å². The lowest BCUT2D eigenvalue weighted by molar-refractivity contribution is -0.147. The van der Waals surface area contributed by atoms with Crippen molar-refractivity contribution in [1.82, 2.24) is 9.78 Å². The second-order valence-electron chi connectivity index (χ2n) is 12.5. The number of methoxy groups -OCH3 is 1. The van der Waals surface area contributed by atoms with Crippen LogP contribution in [0.5, 0.6) is 0 Å². The minimum absolute atomic E-state index is 0. The summed E-state index contributed by atoms with van der Waals surface area (Å²) in [5.74, 6) is 0.584. The molecule has 0 radical (unpaired) electrons. The lowest BCUT2D eigenvalue weighted by Gasteiger charge is -2.35. The molecule has 0 amide bonds. The minimum atomic E-state index is -4.93. The maximum absolute atomic E-state index is 13.7. The van der Waals surface area contributed by atoms with Crippen LogP contribution in [-0.4, -0.2) is 35.9 Å². The normalized spacial score (nSPS) is 18.0. The molecule has 2 aliphatic carbocycles. The molecule has 6 nitrogen and oxygen atoms in total. The van der Waals surface area contributed by atoms with Crippen molar-refractivity contribution in [2.75, 3.05) is 30.0 Å². The highest BCUT2D eigenvalue weighted by atomic mass is 35.5. The van der Waals surface area contributed by atoms with Gasteiger partial charge >= 0.3 is 18.3 Å². The van der Waals surface area contributed by atoms with E-state index in [1.54, 1.807) is 28.9 Å². The van der Waals surface area contributed by atoms with E-state index in [2.05, 4.69) is 29.1 Å². The van der Waals surface area contributed by atoms with Crippen molar-refractivity contribution < 1.29 is 35.9 Å². The van der Waals surface area contributed by atoms with Gasteiger partial charge in [-0.3, -0.25) is 9.48 Å². The van der Waals surface area contributed by atoms with Crippen molar-refractivity contribution in [2.24, 2.45) is 18.9 Å². The lowest BCUT2D eigenvalue weighted by Crippen LogP contribution is -2.34. The van der Waals surface area contributed by atoms with Crippen LogP contribution in [0.2, 0.25) is 0 Å². The first-order chi connectivity index (χ1) is 21.7. The molecule has 1 heterocycles. The van der Waals surface area contributed by atoms with Gasteiger partial charge in [0.25, 0.3) is 0 Å². The Hall–Kier alpha value is -3.41. The molecule has 2 aliphatic rings. The third kappa shape index (κ3) is 8.74. The number of hydrogen-bond donors (Lipinski definition) is 0. The average Bonchev–Trinajstić information content (AvgIpc) is 3.66. The minimum Gasteiger partial charge on any atom is -0.469 e. The third-order valence-electron chi connectivity index (χ3n) is 9.28. The second-order valence-corrected chi connectivity index (χ2v) is 12.5. The zero-order valence-electron chi connectivity index (χ0n) is 26.8. The molecule has 0 spiro atoms. The number of carbonyl (C=O) groups is 1. The fourth-order valence-electron chi connectivity index (χ4n) is 6.87. The SMILES string of the molecule is CCN(C[C@H]1CC[C@H](C(=O)OC)CC1)c1cc2c(cc1CN(Cc1cc(C(F)(F)F)cc(C(F)(F)F)c1)c1ccn(C)n1)CCC2.Cl. The van der Waals surface area contributed by atoms with Crippen LogP contribution in [0.1, 0.15) is 72.4 Å². The van der Waals surface area contributed by atoms with Gasteiger partial charge in [0, 0.05) is 51.2 Å². The van der Waals surface area contributed by atoms with Crippen molar-refractivity contribution >= 4 is 29.9 Å². The first kappa shape index (κ1) is 36.4. The van der Waals surface area contributed by atoms with Crippen LogP contribution in [0.15, 0.2) is 42.6 Å². The number of aryl methyl sites for hydroxylation is 3. The predicted molar refractivity (Wildman–Crippen MR) is 171 cm³/mol. The molecule has 0 bridgehead atoms. The highest BCUT2D eigenvalue weighted by molar-refractivity contribution is 5.85. The highest BCUT2D eigenvalue weighted by Gasteiger charge is 2.37. The zero-order chi connectivity index (χ0) is 33.2. The first-order valence-electron chi connectivity index (χ1n) is 15.8. The Labute approximate surface area is 277 Å². The highest BCUT2D eigenvalue weighted by Crippen LogP contribution is 2.38. The van der Waals surface area contributed by atoms with Gasteiger partial charge in [-0.2, -0.15) is 31.4 Å². The van der Waals surface area contributed by atoms with Crippen LogP contribution in [0.3, 0.4) is 0 Å². The van der Waals surface area contributed by atoms with Crippen LogP contribution >= 0.6 is 12.4 Å². The molecule has 0 atom stereocenters. The Morgan fingerprint density at radius 3 is 2.06 bits per heavy atom. The summed E-state index contributed by atoms with van der Waals surface area (Å²) < 4.78 is 88.7. The summed E-state index contributed by atoms with van der Waals surface area (Å²) in [4.78, 5) is 16.1. The average molecular weight is 687 g/mol. The number of rotatable bonds is 10. The number of ether oxygens (including phenoxy) is 1. The second kappa shape index (κ2) is 14.8. The standard InChI is InChI=1S/C34H40F6N4O2.ClH/c1-4-43(19-22-8-10-24(11-9-22)32(45)46-3)30-17-26-7-5-6-25(26)16-27(30)21-44(31-12-13-42(2)41-31)20-23-14-28(33(35,36)37)18-29(15-23)34(38,39)40;/h12-18,22,24H,4-11,19-21H2,1-3H3;1H/t22-,24-;. The maximum Gasteiger partial charge on any atom is 0.416 e. The fourth-order valence-corrected chi connectivity index (χ4v) is 6.87. The monoisotopic (exact) mass is 686 g/mol. The van der Waals surface area contributed by atoms with Gasteiger partial charge in [0.1, 0.15) is 0 Å². The molecule has 5 rings (SSSR count). The molecule has 0 aliphatic heterocycles. The van der Waals surface area contributed by atoms with Gasteiger partial charge in [-0.15, -0.1) is 12.4 Å². The number of hydrogen-bond acceptors (Lipinski definition) is 5. The van der Waals surface area contributed by atoms with E-state index < -0.39 is 23.5 Å². The number of carbonyl (C=O) groups excluding carboxylic acids is 1. The summed E-state index contributed by atoms with van der Waals surface area (Å²) in [6.45, 7) is 3.61. The van der Waals surface area contributed by atoms with Crippen molar-refractivity contribution in [3.8, 4) is 0 Å². The van der Waals surface area contributed by atoms with E-state index in [-0.39, 0.29) is 49.0 Å². The van der Waals surface area contributed by atoms with Gasteiger partial charge in [0.15, 0.2) is 5.82 Å². The van der Waals surface area contributed by atoms with Gasteiger partial charge in [-0.1, -0.05) is 6.07 Å². The van der Waals surface area contributed by atoms with Gasteiger partial charge < -0.3 is 14.5 Å². The molecule has 0 saturated heterocycles. The van der Waals surface area contributed by atoms with Crippen molar-refractivity contribution in [1.29, 1.82) is 0 Å². The number of esters is 1. The molecular formula is C34H41ClF6N4O2. The van der Waals surface area contributed by atoms with E-state index in [0.717, 1.165) is 81.4 Å². The maximum atomic E-state index is 13.7. The van der Waals surface area contributed by atoms with Crippen LogP contribution in [0, 0.1) is 11.8 Å². The molecule has 0 N–H and O–H groups in total.